The maximum absolute atomic E-state index is 11.8. The van der Waals surface area contributed by atoms with Gasteiger partial charge in [0.2, 0.25) is 0 Å². The summed E-state index contributed by atoms with van der Waals surface area (Å²) in [5.74, 6) is -2.96. The number of carbonyl (C=O) groups is 2. The molecule has 0 atom stereocenters. The highest BCUT2D eigenvalue weighted by Gasteiger charge is 2.31. The number of nitrogens with zero attached hydrogens (tertiary/aromatic N) is 1. The Kier molecular flexibility index (Phi) is 2.98. The highest BCUT2D eigenvalue weighted by Crippen LogP contribution is 2.30. The maximum atomic E-state index is 11.8. The summed E-state index contributed by atoms with van der Waals surface area (Å²) >= 11 is 0. The first-order valence-electron chi connectivity index (χ1n) is 5.01. The minimum atomic E-state index is -3.81. The molecular formula is C10H9N3O5S. The molecule has 1 aromatic rings. The highest BCUT2D eigenvalue weighted by atomic mass is 32.2. The van der Waals surface area contributed by atoms with E-state index in [0.29, 0.717) is 0 Å². The Balaban J connectivity index is 2.53. The first-order chi connectivity index (χ1) is 8.79. The van der Waals surface area contributed by atoms with E-state index in [9.17, 15) is 18.0 Å². The minimum Gasteiger partial charge on any atom is -0.424 e. The van der Waals surface area contributed by atoms with Gasteiger partial charge in [-0.05, 0) is 18.2 Å². The second-order valence-corrected chi connectivity index (χ2v) is 5.69. The third-order valence-electron chi connectivity index (χ3n) is 2.29. The fourth-order valence-corrected chi connectivity index (χ4v) is 2.78. The number of sulfone groups is 1. The van der Waals surface area contributed by atoms with E-state index >= 15 is 0 Å². The second-order valence-electron chi connectivity index (χ2n) is 3.74. The summed E-state index contributed by atoms with van der Waals surface area (Å²) < 4.78 is 28.3. The van der Waals surface area contributed by atoms with Gasteiger partial charge < -0.3 is 16.2 Å². The van der Waals surface area contributed by atoms with Crippen LogP contribution in [0, 0.1) is 0 Å². The van der Waals surface area contributed by atoms with E-state index in [1.807, 2.05) is 0 Å². The van der Waals surface area contributed by atoms with E-state index in [4.69, 9.17) is 16.2 Å². The lowest BCUT2D eigenvalue weighted by atomic mass is 10.2. The van der Waals surface area contributed by atoms with Gasteiger partial charge in [-0.1, -0.05) is 0 Å². The molecule has 0 saturated carbocycles. The summed E-state index contributed by atoms with van der Waals surface area (Å²) in [5.41, 5.74) is 10.1. The number of esters is 1. The molecule has 0 radical (unpaired) electrons. The van der Waals surface area contributed by atoms with Crippen molar-refractivity contribution in [1.82, 2.24) is 0 Å². The highest BCUT2D eigenvalue weighted by molar-refractivity contribution is 7.92. The number of fused-ring (bicyclic) bond motifs is 1. The summed E-state index contributed by atoms with van der Waals surface area (Å²) in [6.07, 6.45) is 0. The van der Waals surface area contributed by atoms with Crippen LogP contribution in [0.1, 0.15) is 10.4 Å². The van der Waals surface area contributed by atoms with Crippen LogP contribution < -0.4 is 16.2 Å². The molecule has 1 amide bonds. The first-order valence-corrected chi connectivity index (χ1v) is 6.66. The van der Waals surface area contributed by atoms with Crippen LogP contribution in [0.15, 0.2) is 28.1 Å². The number of hydrogen-bond acceptors (Lipinski definition) is 5. The standard InChI is InChI=1S/C10H9N3O5S/c11-10(12)13-9(15)5-1-2-6-7(3-5)19(16,17)4-8(14)18-6/h1-3H,4H2,(H4,11,12,13,15). The molecule has 0 aliphatic carbocycles. The van der Waals surface area contributed by atoms with E-state index in [0.717, 1.165) is 6.07 Å². The molecule has 0 unspecified atom stereocenters. The van der Waals surface area contributed by atoms with Crippen molar-refractivity contribution in [2.45, 2.75) is 4.90 Å². The Morgan fingerprint density at radius 3 is 2.63 bits per heavy atom. The molecule has 0 fully saturated rings. The van der Waals surface area contributed by atoms with Crippen LogP contribution in [0.4, 0.5) is 0 Å². The summed E-state index contributed by atoms with van der Waals surface area (Å²) in [5, 5.41) is 0. The third-order valence-corrected chi connectivity index (χ3v) is 3.89. The van der Waals surface area contributed by atoms with Crippen molar-refractivity contribution in [2.75, 3.05) is 5.75 Å². The van der Waals surface area contributed by atoms with Gasteiger partial charge in [0, 0.05) is 5.56 Å². The zero-order chi connectivity index (χ0) is 14.2. The SMILES string of the molecule is NC(N)=NC(=O)c1ccc2c(c1)S(=O)(=O)CC(=O)O2. The van der Waals surface area contributed by atoms with Crippen LogP contribution in [0.5, 0.6) is 5.75 Å². The number of aliphatic imine (C=N–C) groups is 1. The van der Waals surface area contributed by atoms with Gasteiger partial charge in [-0.3, -0.25) is 9.59 Å². The average Bonchev–Trinajstić information content (AvgIpc) is 2.26. The molecule has 0 aromatic heterocycles. The monoisotopic (exact) mass is 283 g/mol. The van der Waals surface area contributed by atoms with Gasteiger partial charge >= 0.3 is 5.97 Å². The Labute approximate surface area is 108 Å². The van der Waals surface area contributed by atoms with E-state index in [-0.39, 0.29) is 16.2 Å². The van der Waals surface area contributed by atoms with Gasteiger partial charge in [-0.15, -0.1) is 0 Å². The van der Waals surface area contributed by atoms with Crippen LogP contribution in [0.2, 0.25) is 0 Å². The predicted molar refractivity (Wildman–Crippen MR) is 64.3 cm³/mol. The van der Waals surface area contributed by atoms with Crippen LogP contribution in [-0.2, 0) is 14.6 Å². The molecule has 8 nitrogen and oxygen atoms in total. The molecule has 9 heteroatoms. The molecule has 4 N–H and O–H groups in total. The molecule has 1 heterocycles. The van der Waals surface area contributed by atoms with Gasteiger partial charge in [-0.25, -0.2) is 8.42 Å². The van der Waals surface area contributed by atoms with Gasteiger partial charge in [0.15, 0.2) is 21.5 Å². The molecular weight excluding hydrogens is 274 g/mol. The number of nitrogens with two attached hydrogens (primary N) is 2. The number of benzene rings is 1. The fraction of sp³-hybridized carbons (Fsp3) is 0.100. The van der Waals surface area contributed by atoms with Crippen molar-refractivity contribution < 1.29 is 22.7 Å². The largest absolute Gasteiger partial charge is 0.424 e. The van der Waals surface area contributed by atoms with Crippen molar-refractivity contribution >= 4 is 27.7 Å². The fourth-order valence-electron chi connectivity index (χ4n) is 1.54. The number of hydrogen-bond donors (Lipinski definition) is 2. The normalized spacial score (nSPS) is 16.1. The molecule has 19 heavy (non-hydrogen) atoms. The third kappa shape index (κ3) is 2.55. The van der Waals surface area contributed by atoms with E-state index in [1.54, 1.807) is 0 Å². The van der Waals surface area contributed by atoms with Crippen molar-refractivity contribution in [3.8, 4) is 5.75 Å². The van der Waals surface area contributed by atoms with Gasteiger partial charge in [0.25, 0.3) is 5.91 Å². The van der Waals surface area contributed by atoms with Crippen molar-refractivity contribution in [1.29, 1.82) is 0 Å². The summed E-state index contributed by atoms with van der Waals surface area (Å²) in [6.45, 7) is 0. The minimum absolute atomic E-state index is 0.0197. The van der Waals surface area contributed by atoms with Crippen LogP contribution >= 0.6 is 0 Å². The molecule has 2 rings (SSSR count). The van der Waals surface area contributed by atoms with Crippen molar-refractivity contribution in [2.24, 2.45) is 16.5 Å². The molecule has 1 aliphatic heterocycles. The van der Waals surface area contributed by atoms with E-state index in [2.05, 4.69) is 4.99 Å². The lowest BCUT2D eigenvalue weighted by molar-refractivity contribution is -0.132. The lowest BCUT2D eigenvalue weighted by Crippen LogP contribution is -2.27. The van der Waals surface area contributed by atoms with Gasteiger partial charge in [0.1, 0.15) is 10.6 Å². The topological polar surface area (TPSA) is 142 Å². The number of rotatable bonds is 1. The van der Waals surface area contributed by atoms with Crippen LogP contribution in [0.3, 0.4) is 0 Å². The number of amides is 1. The number of guanidine groups is 1. The van der Waals surface area contributed by atoms with Crippen molar-refractivity contribution in [3.63, 3.8) is 0 Å². The van der Waals surface area contributed by atoms with E-state index in [1.165, 1.54) is 12.1 Å². The van der Waals surface area contributed by atoms with Crippen LogP contribution in [-0.4, -0.2) is 32.0 Å². The molecule has 1 aromatic carbocycles. The first kappa shape index (κ1) is 13.0. The average molecular weight is 283 g/mol. The van der Waals surface area contributed by atoms with Gasteiger partial charge in [0.05, 0.1) is 0 Å². The van der Waals surface area contributed by atoms with E-state index < -0.39 is 33.4 Å². The quantitative estimate of drug-likeness (QED) is 0.285. The van der Waals surface area contributed by atoms with Crippen molar-refractivity contribution in [3.05, 3.63) is 23.8 Å². The Morgan fingerprint density at radius 1 is 1.32 bits per heavy atom. The summed E-state index contributed by atoms with van der Waals surface area (Å²) in [4.78, 5) is 25.7. The number of carbonyl (C=O) groups excluding carboxylic acids is 2. The molecule has 100 valence electrons. The summed E-state index contributed by atoms with van der Waals surface area (Å²) in [7, 11) is -3.81. The zero-order valence-electron chi connectivity index (χ0n) is 9.49. The smallest absolute Gasteiger partial charge is 0.326 e. The van der Waals surface area contributed by atoms with Crippen LogP contribution in [0.25, 0.3) is 0 Å². The Bertz CT molecular complexity index is 704. The zero-order valence-corrected chi connectivity index (χ0v) is 10.3. The lowest BCUT2D eigenvalue weighted by Gasteiger charge is -2.15. The maximum Gasteiger partial charge on any atom is 0.326 e. The molecule has 0 bridgehead atoms. The molecule has 0 spiro atoms. The predicted octanol–water partition coefficient (Wildman–Crippen LogP) is -1.21. The van der Waals surface area contributed by atoms with Gasteiger partial charge in [-0.2, -0.15) is 4.99 Å². The Morgan fingerprint density at radius 2 is 2.00 bits per heavy atom. The Hall–Kier alpha value is -2.42. The molecule has 0 saturated heterocycles. The summed E-state index contributed by atoms with van der Waals surface area (Å²) in [6, 6.07) is 3.55. The second kappa shape index (κ2) is 4.35. The molecule has 1 aliphatic rings. The number of ether oxygens (including phenoxy) is 1.